The molecule has 0 saturated carbocycles. The topological polar surface area (TPSA) is 98.1 Å². The van der Waals surface area contributed by atoms with Crippen LogP contribution in [0.3, 0.4) is 0 Å². The van der Waals surface area contributed by atoms with Crippen LogP contribution in [0, 0.1) is 0 Å². The molecular weight excluding hydrogens is 627 g/mol. The average Bonchev–Trinajstić information content (AvgIpc) is 3.23. The van der Waals surface area contributed by atoms with E-state index in [9.17, 15) is 35.9 Å². The average molecular weight is 654 g/mol. The van der Waals surface area contributed by atoms with Gasteiger partial charge in [0.25, 0.3) is 0 Å². The third-order valence-electron chi connectivity index (χ3n) is 6.01. The van der Waals surface area contributed by atoms with E-state index in [-0.39, 0.29) is 24.2 Å². The van der Waals surface area contributed by atoms with Crippen LogP contribution in [-0.4, -0.2) is 45.6 Å². The van der Waals surface area contributed by atoms with Crippen LogP contribution in [0.2, 0.25) is 10.2 Å². The largest absolute Gasteiger partial charge is 0.444 e. The molecule has 3 aromatic rings. The second-order valence-corrected chi connectivity index (χ2v) is 11.4. The van der Waals surface area contributed by atoms with E-state index in [2.05, 4.69) is 20.9 Å². The Balaban J connectivity index is 1.92. The summed E-state index contributed by atoms with van der Waals surface area (Å²) in [6.45, 7) is 5.96. The first-order valence-electron chi connectivity index (χ1n) is 12.6. The van der Waals surface area contributed by atoms with E-state index in [1.807, 2.05) is 0 Å². The summed E-state index contributed by atoms with van der Waals surface area (Å²) in [6.07, 6.45) is -10.8. The predicted molar refractivity (Wildman–Crippen MR) is 146 cm³/mol. The van der Waals surface area contributed by atoms with Gasteiger partial charge in [0, 0.05) is 18.1 Å². The van der Waals surface area contributed by atoms with Gasteiger partial charge in [0.15, 0.2) is 10.8 Å². The summed E-state index contributed by atoms with van der Waals surface area (Å²) in [5, 5.41) is 12.8. The van der Waals surface area contributed by atoms with Crippen LogP contribution in [0.4, 0.5) is 31.1 Å². The van der Waals surface area contributed by atoms with Crippen molar-refractivity contribution in [3.63, 3.8) is 0 Å². The van der Waals surface area contributed by atoms with Crippen LogP contribution in [-0.2, 0) is 29.2 Å². The maximum atomic E-state index is 13.9. The number of alkyl halides is 6. The van der Waals surface area contributed by atoms with Crippen molar-refractivity contribution >= 4 is 35.1 Å². The van der Waals surface area contributed by atoms with Crippen LogP contribution in [0.1, 0.15) is 60.4 Å². The highest BCUT2D eigenvalue weighted by Gasteiger charge is 2.41. The van der Waals surface area contributed by atoms with Gasteiger partial charge in [-0.2, -0.15) is 26.3 Å². The highest BCUT2D eigenvalue weighted by Crippen LogP contribution is 2.37. The number of nitrogens with one attached hydrogen (secondary N) is 2. The molecule has 0 aliphatic carbocycles. The van der Waals surface area contributed by atoms with Crippen molar-refractivity contribution in [3.8, 4) is 0 Å². The number of hydrogen-bond donors (Lipinski definition) is 2. The SMILES string of the molecule is CC(C)(C)OC(=O)NCCNC(C)(C(=O)c1nnn(Cc2cc(C(F)(F)F)cc(C(F)(F)F)c2)c1Cl)c1ccccc1Cl. The van der Waals surface area contributed by atoms with E-state index in [0.717, 1.165) is 4.68 Å². The second kappa shape index (κ2) is 12.7. The first-order chi connectivity index (χ1) is 19.7. The molecule has 234 valence electrons. The van der Waals surface area contributed by atoms with Gasteiger partial charge >= 0.3 is 18.4 Å². The van der Waals surface area contributed by atoms with Gasteiger partial charge in [0.1, 0.15) is 11.1 Å². The van der Waals surface area contributed by atoms with Crippen molar-refractivity contribution in [1.29, 1.82) is 0 Å². The number of hydrogen-bond acceptors (Lipinski definition) is 6. The number of carbonyl (C=O) groups is 2. The highest BCUT2D eigenvalue weighted by atomic mass is 35.5. The van der Waals surface area contributed by atoms with Crippen molar-refractivity contribution in [3.05, 3.63) is 80.6 Å². The van der Waals surface area contributed by atoms with Crippen molar-refractivity contribution in [2.75, 3.05) is 13.1 Å². The lowest BCUT2D eigenvalue weighted by Gasteiger charge is -2.30. The number of carbonyl (C=O) groups excluding carboxylic acids is 2. The zero-order chi connectivity index (χ0) is 32.4. The third kappa shape index (κ3) is 8.61. The molecule has 3 rings (SSSR count). The number of nitrogens with zero attached hydrogens (tertiary/aromatic N) is 3. The quantitative estimate of drug-likeness (QED) is 0.148. The predicted octanol–water partition coefficient (Wildman–Crippen LogP) is 6.88. The van der Waals surface area contributed by atoms with Crippen LogP contribution in [0.15, 0.2) is 42.5 Å². The summed E-state index contributed by atoms with van der Waals surface area (Å²) in [4.78, 5) is 25.9. The van der Waals surface area contributed by atoms with Gasteiger partial charge in [-0.1, -0.05) is 46.6 Å². The lowest BCUT2D eigenvalue weighted by Crippen LogP contribution is -2.50. The van der Waals surface area contributed by atoms with Crippen molar-refractivity contribution < 1.29 is 40.7 Å². The molecule has 16 heteroatoms. The minimum atomic E-state index is -5.05. The lowest BCUT2D eigenvalue weighted by atomic mass is 9.86. The monoisotopic (exact) mass is 653 g/mol. The fraction of sp³-hybridized carbons (Fsp3) is 0.407. The Kier molecular flexibility index (Phi) is 10.1. The van der Waals surface area contributed by atoms with Crippen LogP contribution in [0.25, 0.3) is 0 Å². The molecule has 1 aromatic heterocycles. The Morgan fingerprint density at radius 2 is 1.49 bits per heavy atom. The smallest absolute Gasteiger partial charge is 0.416 e. The maximum absolute atomic E-state index is 13.9. The number of benzene rings is 2. The molecule has 1 heterocycles. The summed E-state index contributed by atoms with van der Waals surface area (Å²) in [5.41, 5.74) is -5.91. The normalized spacial score (nSPS) is 13.9. The summed E-state index contributed by atoms with van der Waals surface area (Å²) >= 11 is 12.8. The van der Waals surface area contributed by atoms with E-state index in [1.165, 1.54) is 13.0 Å². The lowest BCUT2D eigenvalue weighted by molar-refractivity contribution is -0.143. The number of alkyl carbamates (subject to hydrolysis) is 1. The van der Waals surface area contributed by atoms with Crippen LogP contribution >= 0.6 is 23.2 Å². The molecule has 0 radical (unpaired) electrons. The fourth-order valence-electron chi connectivity index (χ4n) is 4.02. The van der Waals surface area contributed by atoms with Gasteiger partial charge in [0.2, 0.25) is 5.78 Å². The molecule has 0 spiro atoms. The summed E-state index contributed by atoms with van der Waals surface area (Å²) in [5.74, 6) is -0.755. The van der Waals surface area contributed by atoms with Gasteiger partial charge in [-0.05, 0) is 63.1 Å². The van der Waals surface area contributed by atoms with Crippen molar-refractivity contribution in [1.82, 2.24) is 25.6 Å². The minimum Gasteiger partial charge on any atom is -0.444 e. The molecule has 2 aromatic carbocycles. The standard InChI is InChI=1S/C27H27Cl2F6N5O3/c1-24(2,3)43-23(42)36-9-10-37-25(4,18-7-5-6-8-19(18)28)21(41)20-22(29)40(39-38-20)14-15-11-16(26(30,31)32)13-17(12-15)27(33,34)35/h5-8,11-13,37H,9-10,14H2,1-4H3,(H,36,42). The Bertz CT molecular complexity index is 1450. The number of amides is 1. The van der Waals surface area contributed by atoms with Gasteiger partial charge in [-0.15, -0.1) is 5.10 Å². The Morgan fingerprint density at radius 3 is 2.02 bits per heavy atom. The Labute approximate surface area is 252 Å². The first kappa shape index (κ1) is 34.1. The molecule has 1 unspecified atom stereocenters. The Hall–Kier alpha value is -3.36. The second-order valence-electron chi connectivity index (χ2n) is 10.6. The molecule has 1 atom stereocenters. The van der Waals surface area contributed by atoms with Gasteiger partial charge in [-0.25, -0.2) is 9.48 Å². The van der Waals surface area contributed by atoms with E-state index >= 15 is 0 Å². The fourth-order valence-corrected chi connectivity index (χ4v) is 4.56. The maximum Gasteiger partial charge on any atom is 0.416 e. The van der Waals surface area contributed by atoms with E-state index in [1.54, 1.807) is 39.0 Å². The zero-order valence-corrected chi connectivity index (χ0v) is 24.8. The van der Waals surface area contributed by atoms with Crippen molar-refractivity contribution in [2.45, 2.75) is 57.7 Å². The molecular formula is C27H27Cl2F6N5O3. The van der Waals surface area contributed by atoms with E-state index in [0.29, 0.717) is 17.7 Å². The number of ether oxygens (including phenoxy) is 1. The molecule has 1 amide bonds. The summed E-state index contributed by atoms with van der Waals surface area (Å²) in [6, 6.07) is 7.41. The van der Waals surface area contributed by atoms with Gasteiger partial charge < -0.3 is 10.1 Å². The van der Waals surface area contributed by atoms with Gasteiger partial charge in [-0.3, -0.25) is 10.1 Å². The van der Waals surface area contributed by atoms with Crippen LogP contribution < -0.4 is 10.6 Å². The molecule has 8 nitrogen and oxygen atoms in total. The molecule has 0 aliphatic heterocycles. The molecule has 43 heavy (non-hydrogen) atoms. The number of Topliss-reactive ketones (excluding diaryl/α,β-unsaturated/α-hetero) is 1. The zero-order valence-electron chi connectivity index (χ0n) is 23.3. The Morgan fingerprint density at radius 1 is 0.907 bits per heavy atom. The molecule has 0 fully saturated rings. The molecule has 0 aliphatic rings. The molecule has 2 N–H and O–H groups in total. The summed E-state index contributed by atoms with van der Waals surface area (Å²) in [7, 11) is 0. The summed E-state index contributed by atoms with van der Waals surface area (Å²) < 4.78 is 85.9. The number of rotatable bonds is 9. The molecule has 0 bridgehead atoms. The number of halogens is 8. The van der Waals surface area contributed by atoms with Crippen LogP contribution in [0.5, 0.6) is 0 Å². The first-order valence-corrected chi connectivity index (χ1v) is 13.4. The number of ketones is 1. The van der Waals surface area contributed by atoms with E-state index < -0.39 is 69.5 Å². The highest BCUT2D eigenvalue weighted by molar-refractivity contribution is 6.34. The minimum absolute atomic E-state index is 0.000215. The van der Waals surface area contributed by atoms with Gasteiger partial charge in [0.05, 0.1) is 17.7 Å². The van der Waals surface area contributed by atoms with Crippen molar-refractivity contribution in [2.24, 2.45) is 0 Å². The molecule has 0 saturated heterocycles. The van der Waals surface area contributed by atoms with E-state index in [4.69, 9.17) is 27.9 Å². The number of aromatic nitrogens is 3. The third-order valence-corrected chi connectivity index (χ3v) is 6.71.